The molecule has 0 spiro atoms. The minimum Gasteiger partial charge on any atom is -0.306 e. The highest BCUT2D eigenvalue weighted by atomic mass is 15.3. The second-order valence-corrected chi connectivity index (χ2v) is 5.01. The van der Waals surface area contributed by atoms with Gasteiger partial charge in [-0.05, 0) is 36.8 Å². The highest BCUT2D eigenvalue weighted by Crippen LogP contribution is 2.12. The average molecular weight is 278 g/mol. The van der Waals surface area contributed by atoms with Gasteiger partial charge in [-0.15, -0.1) is 0 Å². The fourth-order valence-electron chi connectivity index (χ4n) is 2.21. The van der Waals surface area contributed by atoms with Crippen LogP contribution in [0.3, 0.4) is 0 Å². The van der Waals surface area contributed by atoms with E-state index in [1.807, 2.05) is 65.7 Å². The Bertz CT molecular complexity index is 676. The van der Waals surface area contributed by atoms with E-state index in [1.165, 1.54) is 11.1 Å². The lowest BCUT2D eigenvalue weighted by Gasteiger charge is -2.12. The number of hydrogen-bond donors (Lipinski definition) is 1. The van der Waals surface area contributed by atoms with Crippen molar-refractivity contribution in [2.75, 3.05) is 0 Å². The van der Waals surface area contributed by atoms with Crippen LogP contribution in [0.5, 0.6) is 0 Å². The van der Waals surface area contributed by atoms with Gasteiger partial charge in [0.05, 0.1) is 11.9 Å². The number of rotatable bonds is 5. The molecule has 0 fully saturated rings. The SMILES string of the molecule is C[C@H](NCc1cnn(-c2ccccc2)c1)c1ccncc1. The highest BCUT2D eigenvalue weighted by molar-refractivity contribution is 5.30. The smallest absolute Gasteiger partial charge is 0.0645 e. The van der Waals surface area contributed by atoms with Gasteiger partial charge in [-0.3, -0.25) is 4.98 Å². The van der Waals surface area contributed by atoms with Gasteiger partial charge in [0.1, 0.15) is 0 Å². The number of aromatic nitrogens is 3. The molecule has 0 aliphatic heterocycles. The number of nitrogens with one attached hydrogen (secondary N) is 1. The molecule has 2 heterocycles. The summed E-state index contributed by atoms with van der Waals surface area (Å²) in [6.45, 7) is 2.94. The van der Waals surface area contributed by atoms with E-state index in [0.29, 0.717) is 0 Å². The molecule has 0 saturated heterocycles. The van der Waals surface area contributed by atoms with Crippen molar-refractivity contribution in [1.29, 1.82) is 0 Å². The third-order valence-corrected chi connectivity index (χ3v) is 3.48. The topological polar surface area (TPSA) is 42.7 Å². The number of benzene rings is 1. The molecule has 3 rings (SSSR count). The fourth-order valence-corrected chi connectivity index (χ4v) is 2.21. The quantitative estimate of drug-likeness (QED) is 0.779. The van der Waals surface area contributed by atoms with Crippen LogP contribution < -0.4 is 5.32 Å². The first-order chi connectivity index (χ1) is 10.3. The van der Waals surface area contributed by atoms with Crippen molar-refractivity contribution in [3.05, 3.63) is 78.4 Å². The zero-order chi connectivity index (χ0) is 14.5. The van der Waals surface area contributed by atoms with Crippen molar-refractivity contribution < 1.29 is 0 Å². The minimum absolute atomic E-state index is 0.285. The van der Waals surface area contributed by atoms with Gasteiger partial charge in [-0.25, -0.2) is 4.68 Å². The molecule has 0 unspecified atom stereocenters. The van der Waals surface area contributed by atoms with Crippen molar-refractivity contribution in [3.63, 3.8) is 0 Å². The monoisotopic (exact) mass is 278 g/mol. The van der Waals surface area contributed by atoms with E-state index in [-0.39, 0.29) is 6.04 Å². The van der Waals surface area contributed by atoms with Crippen molar-refractivity contribution in [3.8, 4) is 5.69 Å². The molecule has 0 saturated carbocycles. The molecule has 0 amide bonds. The first kappa shape index (κ1) is 13.5. The van der Waals surface area contributed by atoms with Gasteiger partial charge in [0, 0.05) is 36.7 Å². The van der Waals surface area contributed by atoms with Crippen molar-refractivity contribution in [2.24, 2.45) is 0 Å². The molecule has 1 atom stereocenters. The molecular weight excluding hydrogens is 260 g/mol. The Morgan fingerprint density at radius 3 is 2.62 bits per heavy atom. The van der Waals surface area contributed by atoms with Gasteiger partial charge in [0.25, 0.3) is 0 Å². The Morgan fingerprint density at radius 1 is 1.10 bits per heavy atom. The second-order valence-electron chi connectivity index (χ2n) is 5.01. The lowest BCUT2D eigenvalue weighted by molar-refractivity contribution is 0.574. The van der Waals surface area contributed by atoms with Crippen LogP contribution in [0.2, 0.25) is 0 Å². The Morgan fingerprint density at radius 2 is 1.86 bits per heavy atom. The third-order valence-electron chi connectivity index (χ3n) is 3.48. The predicted molar refractivity (Wildman–Crippen MR) is 83.1 cm³/mol. The van der Waals surface area contributed by atoms with Crippen LogP contribution in [0, 0.1) is 0 Å². The first-order valence-corrected chi connectivity index (χ1v) is 7.05. The maximum Gasteiger partial charge on any atom is 0.0645 e. The molecular formula is C17H18N4. The predicted octanol–water partition coefficient (Wildman–Crippen LogP) is 3.12. The van der Waals surface area contributed by atoms with Gasteiger partial charge in [-0.1, -0.05) is 18.2 Å². The summed E-state index contributed by atoms with van der Waals surface area (Å²) < 4.78 is 1.90. The Labute approximate surface area is 124 Å². The lowest BCUT2D eigenvalue weighted by Crippen LogP contribution is -2.17. The summed E-state index contributed by atoms with van der Waals surface area (Å²) in [5.74, 6) is 0. The largest absolute Gasteiger partial charge is 0.306 e. The van der Waals surface area contributed by atoms with Crippen LogP contribution in [0.1, 0.15) is 24.1 Å². The summed E-state index contributed by atoms with van der Waals surface area (Å²) in [7, 11) is 0. The van der Waals surface area contributed by atoms with Crippen LogP contribution in [0.15, 0.2) is 67.3 Å². The number of pyridine rings is 1. The van der Waals surface area contributed by atoms with Crippen molar-refractivity contribution >= 4 is 0 Å². The zero-order valence-corrected chi connectivity index (χ0v) is 12.0. The molecule has 3 aromatic rings. The maximum atomic E-state index is 4.40. The van der Waals surface area contributed by atoms with E-state index in [1.54, 1.807) is 0 Å². The number of para-hydroxylation sites is 1. The van der Waals surface area contributed by atoms with Crippen LogP contribution >= 0.6 is 0 Å². The standard InChI is InChI=1S/C17H18N4/c1-14(16-7-9-18-10-8-16)19-11-15-12-20-21(13-15)17-5-3-2-4-6-17/h2-10,12-14,19H,11H2,1H3/t14-/m0/s1. The van der Waals surface area contributed by atoms with E-state index in [9.17, 15) is 0 Å². The fraction of sp³-hybridized carbons (Fsp3) is 0.176. The maximum absolute atomic E-state index is 4.40. The highest BCUT2D eigenvalue weighted by Gasteiger charge is 2.05. The molecule has 1 N–H and O–H groups in total. The van der Waals surface area contributed by atoms with Crippen LogP contribution in [-0.4, -0.2) is 14.8 Å². The normalized spacial score (nSPS) is 12.2. The first-order valence-electron chi connectivity index (χ1n) is 7.05. The minimum atomic E-state index is 0.285. The van der Waals surface area contributed by atoms with E-state index >= 15 is 0 Å². The summed E-state index contributed by atoms with van der Waals surface area (Å²) in [4.78, 5) is 4.04. The summed E-state index contributed by atoms with van der Waals surface area (Å²) in [6.07, 6.45) is 7.60. The van der Waals surface area contributed by atoms with Crippen LogP contribution in [0.25, 0.3) is 5.69 Å². The Hall–Kier alpha value is -2.46. The summed E-state index contributed by atoms with van der Waals surface area (Å²) >= 11 is 0. The Balaban J connectivity index is 1.63. The van der Waals surface area contributed by atoms with E-state index < -0.39 is 0 Å². The van der Waals surface area contributed by atoms with E-state index in [2.05, 4.69) is 28.5 Å². The molecule has 4 nitrogen and oxygen atoms in total. The second kappa shape index (κ2) is 6.33. The third kappa shape index (κ3) is 3.35. The Kier molecular flexibility index (Phi) is 4.07. The molecule has 106 valence electrons. The van der Waals surface area contributed by atoms with Gasteiger partial charge in [0.15, 0.2) is 0 Å². The molecule has 4 heteroatoms. The van der Waals surface area contributed by atoms with Crippen LogP contribution in [-0.2, 0) is 6.54 Å². The summed E-state index contributed by atoms with van der Waals surface area (Å²) in [5.41, 5.74) is 3.48. The lowest BCUT2D eigenvalue weighted by atomic mass is 10.1. The molecule has 0 aliphatic carbocycles. The van der Waals surface area contributed by atoms with Gasteiger partial charge < -0.3 is 5.32 Å². The number of hydrogen-bond acceptors (Lipinski definition) is 3. The molecule has 0 aliphatic rings. The van der Waals surface area contributed by atoms with Crippen molar-refractivity contribution in [2.45, 2.75) is 19.5 Å². The van der Waals surface area contributed by atoms with Gasteiger partial charge >= 0.3 is 0 Å². The molecule has 1 aromatic carbocycles. The van der Waals surface area contributed by atoms with Crippen LogP contribution in [0.4, 0.5) is 0 Å². The molecule has 2 aromatic heterocycles. The average Bonchev–Trinajstić information content (AvgIpc) is 3.03. The van der Waals surface area contributed by atoms with E-state index in [4.69, 9.17) is 0 Å². The van der Waals surface area contributed by atoms with E-state index in [0.717, 1.165) is 12.2 Å². The number of nitrogens with zero attached hydrogens (tertiary/aromatic N) is 3. The summed E-state index contributed by atoms with van der Waals surface area (Å²) in [5, 5.41) is 7.90. The zero-order valence-electron chi connectivity index (χ0n) is 12.0. The molecule has 0 bridgehead atoms. The molecule has 0 radical (unpaired) electrons. The molecule has 21 heavy (non-hydrogen) atoms. The van der Waals surface area contributed by atoms with Gasteiger partial charge in [-0.2, -0.15) is 5.10 Å². The van der Waals surface area contributed by atoms with Gasteiger partial charge in [0.2, 0.25) is 0 Å². The van der Waals surface area contributed by atoms with Crippen molar-refractivity contribution in [1.82, 2.24) is 20.1 Å². The summed E-state index contributed by atoms with van der Waals surface area (Å²) in [6, 6.07) is 14.5.